The predicted molar refractivity (Wildman–Crippen MR) is 107 cm³/mol. The molecule has 0 aromatic heterocycles. The molecule has 0 amide bonds. The van der Waals surface area contributed by atoms with E-state index < -0.39 is 0 Å². The molecule has 3 heteroatoms. The van der Waals surface area contributed by atoms with Gasteiger partial charge in [-0.1, -0.05) is 67.4 Å². The van der Waals surface area contributed by atoms with Crippen molar-refractivity contribution < 1.29 is 9.53 Å². The fourth-order valence-corrected chi connectivity index (χ4v) is 3.67. The zero-order chi connectivity index (χ0) is 18.7. The average molecular weight is 356 g/mol. The first-order chi connectivity index (χ1) is 12.6. The lowest BCUT2D eigenvalue weighted by atomic mass is 9.75. The fourth-order valence-electron chi connectivity index (χ4n) is 3.67. The van der Waals surface area contributed by atoms with Crippen LogP contribution in [-0.4, -0.2) is 19.6 Å². The van der Waals surface area contributed by atoms with E-state index in [0.717, 1.165) is 38.8 Å². The van der Waals surface area contributed by atoms with E-state index in [-0.39, 0.29) is 11.4 Å². The van der Waals surface area contributed by atoms with Gasteiger partial charge < -0.3 is 10.1 Å². The Kier molecular flexibility index (Phi) is 8.63. The Morgan fingerprint density at radius 3 is 2.35 bits per heavy atom. The zero-order valence-electron chi connectivity index (χ0n) is 16.2. The quantitative estimate of drug-likeness (QED) is 0.751. The summed E-state index contributed by atoms with van der Waals surface area (Å²) in [5.41, 5.74) is 0.964. The first-order valence-electron chi connectivity index (χ1n) is 9.80. The van der Waals surface area contributed by atoms with Gasteiger partial charge in [-0.05, 0) is 50.6 Å². The predicted octanol–water partition coefficient (Wildman–Crippen LogP) is 5.05. The largest absolute Gasteiger partial charge is 0.469 e. The van der Waals surface area contributed by atoms with Crippen molar-refractivity contribution in [2.75, 3.05) is 13.7 Å². The SMILES string of the molecule is COC(=O)C1(C)CCCCC(CNCc2ccccccccc2)CC1. The summed E-state index contributed by atoms with van der Waals surface area (Å²) in [5.74, 6) is 0.582. The maximum Gasteiger partial charge on any atom is 0.311 e. The third-order valence-electron chi connectivity index (χ3n) is 5.42. The molecule has 1 aliphatic rings. The molecule has 3 nitrogen and oxygen atoms in total. The van der Waals surface area contributed by atoms with Crippen LogP contribution in [0.5, 0.6) is 0 Å². The smallest absolute Gasteiger partial charge is 0.311 e. The highest BCUT2D eigenvalue weighted by molar-refractivity contribution is 5.76. The first-order valence-corrected chi connectivity index (χ1v) is 9.80. The normalized spacial score (nSPS) is 23.2. The Balaban J connectivity index is 1.88. The van der Waals surface area contributed by atoms with Crippen LogP contribution in [0.25, 0.3) is 0 Å². The molecule has 0 radical (unpaired) electrons. The number of carbonyl (C=O) groups is 1. The highest BCUT2D eigenvalue weighted by Gasteiger charge is 2.35. The number of carbonyl (C=O) groups excluding carboxylic acids is 1. The van der Waals surface area contributed by atoms with Crippen LogP contribution in [-0.2, 0) is 16.1 Å². The third kappa shape index (κ3) is 6.80. The van der Waals surface area contributed by atoms with Crippen molar-refractivity contribution >= 4 is 5.97 Å². The zero-order valence-corrected chi connectivity index (χ0v) is 16.2. The number of methoxy groups -OCH3 is 1. The average Bonchev–Trinajstić information content (AvgIpc) is 2.65. The Bertz CT molecular complexity index is 590. The minimum absolute atomic E-state index is 0.0446. The van der Waals surface area contributed by atoms with Crippen molar-refractivity contribution in [3.05, 3.63) is 60.2 Å². The molecule has 0 heterocycles. The van der Waals surface area contributed by atoms with E-state index in [4.69, 9.17) is 4.74 Å². The second kappa shape index (κ2) is 11.0. The molecule has 0 aliphatic heterocycles. The highest BCUT2D eigenvalue weighted by atomic mass is 16.5. The monoisotopic (exact) mass is 355 g/mol. The number of esters is 1. The molecule has 0 saturated heterocycles. The molecule has 1 fully saturated rings. The molecule has 1 N–H and O–H groups in total. The Morgan fingerprint density at radius 1 is 1.04 bits per heavy atom. The van der Waals surface area contributed by atoms with Crippen LogP contribution < -0.4 is 5.32 Å². The van der Waals surface area contributed by atoms with E-state index in [9.17, 15) is 4.79 Å². The van der Waals surface area contributed by atoms with Gasteiger partial charge in [0.2, 0.25) is 0 Å². The van der Waals surface area contributed by atoms with Gasteiger partial charge in [-0.15, -0.1) is 0 Å². The van der Waals surface area contributed by atoms with Gasteiger partial charge >= 0.3 is 5.97 Å². The Morgan fingerprint density at radius 2 is 1.69 bits per heavy atom. The molecule has 2 atom stereocenters. The topological polar surface area (TPSA) is 38.3 Å². The van der Waals surface area contributed by atoms with Gasteiger partial charge in [0, 0.05) is 6.54 Å². The van der Waals surface area contributed by atoms with Gasteiger partial charge in [0.05, 0.1) is 12.5 Å². The maximum absolute atomic E-state index is 12.1. The molecule has 1 saturated carbocycles. The number of hydrogen-bond donors (Lipinski definition) is 1. The van der Waals surface area contributed by atoms with E-state index in [2.05, 4.69) is 36.5 Å². The molecule has 2 rings (SSSR count). The van der Waals surface area contributed by atoms with Gasteiger partial charge in [-0.2, -0.15) is 0 Å². The fraction of sp³-hybridized carbons (Fsp3) is 0.522. The highest BCUT2D eigenvalue weighted by Crippen LogP contribution is 2.36. The summed E-state index contributed by atoms with van der Waals surface area (Å²) in [6, 6.07) is 18.6. The van der Waals surface area contributed by atoms with Crippen LogP contribution >= 0.6 is 0 Å². The molecule has 2 unspecified atom stereocenters. The molecular weight excluding hydrogens is 322 g/mol. The van der Waals surface area contributed by atoms with Crippen LogP contribution in [0.3, 0.4) is 0 Å². The van der Waals surface area contributed by atoms with Crippen LogP contribution in [0.1, 0.15) is 51.0 Å². The summed E-state index contributed by atoms with van der Waals surface area (Å²) in [6.07, 6.45) is 6.51. The van der Waals surface area contributed by atoms with Crippen molar-refractivity contribution in [2.45, 2.75) is 52.0 Å². The molecule has 0 bridgehead atoms. The minimum atomic E-state index is -0.306. The van der Waals surface area contributed by atoms with Gasteiger partial charge in [0.25, 0.3) is 0 Å². The summed E-state index contributed by atoms with van der Waals surface area (Å²) < 4.78 is 5.04. The van der Waals surface area contributed by atoms with Gasteiger partial charge in [-0.3, -0.25) is 4.79 Å². The Labute approximate surface area is 158 Å². The minimum Gasteiger partial charge on any atom is -0.469 e. The van der Waals surface area contributed by atoms with Crippen molar-refractivity contribution in [3.63, 3.8) is 0 Å². The number of hydrogen-bond acceptors (Lipinski definition) is 3. The summed E-state index contributed by atoms with van der Waals surface area (Å²) in [6.45, 7) is 3.93. The van der Waals surface area contributed by atoms with Crippen LogP contribution in [0.2, 0.25) is 0 Å². The molecule has 1 aromatic carbocycles. The van der Waals surface area contributed by atoms with E-state index in [1.54, 1.807) is 0 Å². The molecule has 142 valence electrons. The lowest BCUT2D eigenvalue weighted by Gasteiger charge is -2.31. The molecule has 1 aromatic rings. The lowest BCUT2D eigenvalue weighted by molar-refractivity contribution is -0.153. The second-order valence-electron chi connectivity index (χ2n) is 7.59. The number of ether oxygens (including phenoxy) is 1. The van der Waals surface area contributed by atoms with E-state index in [0.29, 0.717) is 5.92 Å². The van der Waals surface area contributed by atoms with Crippen molar-refractivity contribution in [2.24, 2.45) is 11.3 Å². The van der Waals surface area contributed by atoms with Crippen molar-refractivity contribution in [3.8, 4) is 0 Å². The van der Waals surface area contributed by atoms with Crippen LogP contribution in [0.4, 0.5) is 0 Å². The summed E-state index contributed by atoms with van der Waals surface area (Å²) in [7, 11) is 1.51. The van der Waals surface area contributed by atoms with Crippen molar-refractivity contribution in [1.82, 2.24) is 5.32 Å². The van der Waals surface area contributed by atoms with Gasteiger partial charge in [0.15, 0.2) is 0 Å². The number of rotatable bonds is 5. The van der Waals surface area contributed by atoms with Crippen LogP contribution in [0, 0.1) is 11.3 Å². The standard InChI is InChI=1S/C23H33NO2/c1-23(22(25)26-2)16-11-10-14-21(15-17-23)19-24-18-20-12-8-6-4-3-5-7-9-13-20/h3-9,12-13,21,24H,10-11,14-19H2,1-2H3. The molecule has 1 aliphatic carbocycles. The van der Waals surface area contributed by atoms with Gasteiger partial charge in [-0.25, -0.2) is 0 Å². The lowest BCUT2D eigenvalue weighted by Crippen LogP contribution is -2.32. The summed E-state index contributed by atoms with van der Waals surface area (Å²) in [4.78, 5) is 12.1. The summed E-state index contributed by atoms with van der Waals surface area (Å²) in [5, 5.41) is 3.62. The van der Waals surface area contributed by atoms with Crippen molar-refractivity contribution in [1.29, 1.82) is 0 Å². The summed E-state index contributed by atoms with van der Waals surface area (Å²) >= 11 is 0. The van der Waals surface area contributed by atoms with Crippen LogP contribution in [0.15, 0.2) is 54.6 Å². The van der Waals surface area contributed by atoms with E-state index in [1.165, 1.54) is 25.5 Å². The third-order valence-corrected chi connectivity index (χ3v) is 5.42. The second-order valence-corrected chi connectivity index (χ2v) is 7.59. The van der Waals surface area contributed by atoms with Gasteiger partial charge in [0.1, 0.15) is 0 Å². The molecular formula is C23H33NO2. The van der Waals surface area contributed by atoms with E-state index >= 15 is 0 Å². The molecule has 26 heavy (non-hydrogen) atoms. The van der Waals surface area contributed by atoms with E-state index in [1.807, 2.05) is 30.3 Å². The molecule has 0 spiro atoms. The Hall–Kier alpha value is -1.87. The maximum atomic E-state index is 12.1. The first kappa shape index (κ1) is 20.4. The number of nitrogens with one attached hydrogen (secondary N) is 1.